The summed E-state index contributed by atoms with van der Waals surface area (Å²) in [6.45, 7) is 4.10. The molecule has 2 unspecified atom stereocenters. The Bertz CT molecular complexity index is 167. The van der Waals surface area contributed by atoms with Crippen molar-refractivity contribution >= 4 is 0 Å². The van der Waals surface area contributed by atoms with Gasteiger partial charge in [-0.15, -0.1) is 0 Å². The highest BCUT2D eigenvalue weighted by Gasteiger charge is 2.18. The number of aliphatic hydroxyl groups is 1. The minimum Gasteiger partial charge on any atom is -0.395 e. The molecule has 0 spiro atoms. The van der Waals surface area contributed by atoms with Gasteiger partial charge in [0.1, 0.15) is 0 Å². The molecule has 0 radical (unpaired) electrons. The standard InChI is InChI=1S/C11H24N2O2/c1-13-5-3-4-10(7-13)6-12-11(8-14)9-15-2/h10-12,14H,3-9H2,1-2H3. The maximum atomic E-state index is 9.09. The molecule has 0 aliphatic carbocycles. The Hall–Kier alpha value is -0.160. The molecule has 0 saturated carbocycles. The van der Waals surface area contributed by atoms with Crippen LogP contribution in [0.25, 0.3) is 0 Å². The predicted molar refractivity (Wildman–Crippen MR) is 61.0 cm³/mol. The first-order valence-electron chi connectivity index (χ1n) is 5.78. The fraction of sp³-hybridized carbons (Fsp3) is 1.00. The second-order valence-electron chi connectivity index (χ2n) is 4.51. The highest BCUT2D eigenvalue weighted by molar-refractivity contribution is 4.74. The van der Waals surface area contributed by atoms with Gasteiger partial charge in [-0.2, -0.15) is 0 Å². The summed E-state index contributed by atoms with van der Waals surface area (Å²) in [6.07, 6.45) is 2.58. The van der Waals surface area contributed by atoms with Crippen LogP contribution in [0.5, 0.6) is 0 Å². The lowest BCUT2D eigenvalue weighted by Crippen LogP contribution is -2.43. The Labute approximate surface area is 92.6 Å². The second kappa shape index (κ2) is 7.17. The molecule has 1 aliphatic heterocycles. The quantitative estimate of drug-likeness (QED) is 0.652. The first-order valence-corrected chi connectivity index (χ1v) is 5.78. The minimum atomic E-state index is 0.0854. The summed E-state index contributed by atoms with van der Waals surface area (Å²) in [5, 5.41) is 12.4. The number of hydrogen-bond donors (Lipinski definition) is 2. The normalized spacial score (nSPS) is 25.4. The number of aliphatic hydroxyl groups excluding tert-OH is 1. The number of rotatable bonds is 6. The van der Waals surface area contributed by atoms with E-state index in [9.17, 15) is 0 Å². The number of likely N-dealkylation sites (tertiary alicyclic amines) is 1. The summed E-state index contributed by atoms with van der Waals surface area (Å²) in [7, 11) is 3.84. The molecule has 2 atom stereocenters. The average molecular weight is 216 g/mol. The van der Waals surface area contributed by atoms with Crippen LogP contribution in [0.1, 0.15) is 12.8 Å². The van der Waals surface area contributed by atoms with Crippen molar-refractivity contribution in [3.05, 3.63) is 0 Å². The van der Waals surface area contributed by atoms with Gasteiger partial charge in [0.25, 0.3) is 0 Å². The number of ether oxygens (including phenoxy) is 1. The van der Waals surface area contributed by atoms with Crippen molar-refractivity contribution in [2.24, 2.45) is 5.92 Å². The van der Waals surface area contributed by atoms with Gasteiger partial charge in [0.05, 0.1) is 19.3 Å². The molecular formula is C11H24N2O2. The monoisotopic (exact) mass is 216 g/mol. The van der Waals surface area contributed by atoms with Crippen LogP contribution in [0.2, 0.25) is 0 Å². The number of methoxy groups -OCH3 is 1. The largest absolute Gasteiger partial charge is 0.395 e. The van der Waals surface area contributed by atoms with Crippen molar-refractivity contribution in [2.45, 2.75) is 18.9 Å². The molecule has 15 heavy (non-hydrogen) atoms. The van der Waals surface area contributed by atoms with Gasteiger partial charge in [-0.1, -0.05) is 0 Å². The van der Waals surface area contributed by atoms with E-state index in [2.05, 4.69) is 17.3 Å². The first kappa shape index (κ1) is 12.9. The van der Waals surface area contributed by atoms with Gasteiger partial charge in [0.15, 0.2) is 0 Å². The van der Waals surface area contributed by atoms with E-state index < -0.39 is 0 Å². The topological polar surface area (TPSA) is 44.7 Å². The fourth-order valence-electron chi connectivity index (χ4n) is 2.15. The SMILES string of the molecule is COCC(CO)NCC1CCCN(C)C1. The second-order valence-corrected chi connectivity index (χ2v) is 4.51. The fourth-order valence-corrected chi connectivity index (χ4v) is 2.15. The molecule has 4 heteroatoms. The van der Waals surface area contributed by atoms with Crippen LogP contribution < -0.4 is 5.32 Å². The lowest BCUT2D eigenvalue weighted by molar-refractivity contribution is 0.120. The van der Waals surface area contributed by atoms with Crippen molar-refractivity contribution in [3.8, 4) is 0 Å². The number of nitrogens with zero attached hydrogens (tertiary/aromatic N) is 1. The predicted octanol–water partition coefficient (Wildman–Crippen LogP) is -0.0749. The molecule has 0 aromatic carbocycles. The van der Waals surface area contributed by atoms with Gasteiger partial charge in [0.2, 0.25) is 0 Å². The summed E-state index contributed by atoms with van der Waals surface area (Å²) in [4.78, 5) is 2.38. The van der Waals surface area contributed by atoms with E-state index in [4.69, 9.17) is 9.84 Å². The van der Waals surface area contributed by atoms with Crippen LogP contribution in [-0.2, 0) is 4.74 Å². The van der Waals surface area contributed by atoms with E-state index in [0.29, 0.717) is 6.61 Å². The van der Waals surface area contributed by atoms with E-state index in [1.165, 1.54) is 19.4 Å². The Kier molecular flexibility index (Phi) is 6.17. The van der Waals surface area contributed by atoms with E-state index in [0.717, 1.165) is 19.0 Å². The van der Waals surface area contributed by atoms with Gasteiger partial charge >= 0.3 is 0 Å². The Morgan fingerprint density at radius 2 is 2.40 bits per heavy atom. The summed E-state index contributed by atoms with van der Waals surface area (Å²) < 4.78 is 5.02. The third-order valence-electron chi connectivity index (χ3n) is 3.01. The first-order chi connectivity index (χ1) is 7.26. The van der Waals surface area contributed by atoms with Crippen molar-refractivity contribution in [3.63, 3.8) is 0 Å². The summed E-state index contributed by atoms with van der Waals surface area (Å²) >= 11 is 0. The molecule has 90 valence electrons. The number of hydrogen-bond acceptors (Lipinski definition) is 4. The molecule has 0 amide bonds. The Morgan fingerprint density at radius 1 is 1.60 bits per heavy atom. The van der Waals surface area contributed by atoms with Crippen molar-refractivity contribution < 1.29 is 9.84 Å². The molecular weight excluding hydrogens is 192 g/mol. The molecule has 1 saturated heterocycles. The van der Waals surface area contributed by atoms with Gasteiger partial charge < -0.3 is 20.1 Å². The zero-order valence-corrected chi connectivity index (χ0v) is 9.91. The van der Waals surface area contributed by atoms with Gasteiger partial charge in [-0.05, 0) is 38.9 Å². The van der Waals surface area contributed by atoms with Gasteiger partial charge in [-0.25, -0.2) is 0 Å². The zero-order valence-electron chi connectivity index (χ0n) is 9.91. The van der Waals surface area contributed by atoms with Crippen molar-refractivity contribution in [1.29, 1.82) is 0 Å². The highest BCUT2D eigenvalue weighted by atomic mass is 16.5. The van der Waals surface area contributed by atoms with Crippen LogP contribution in [-0.4, -0.2) is 63.1 Å². The van der Waals surface area contributed by atoms with Crippen molar-refractivity contribution in [2.75, 3.05) is 47.0 Å². The number of nitrogens with one attached hydrogen (secondary N) is 1. The molecule has 0 aromatic heterocycles. The van der Waals surface area contributed by atoms with Crippen LogP contribution in [0, 0.1) is 5.92 Å². The summed E-state index contributed by atoms with van der Waals surface area (Å²) in [6, 6.07) is 0.0854. The average Bonchev–Trinajstić information content (AvgIpc) is 2.24. The molecule has 0 aromatic rings. The van der Waals surface area contributed by atoms with Gasteiger partial charge in [-0.3, -0.25) is 0 Å². The molecule has 1 aliphatic rings. The van der Waals surface area contributed by atoms with E-state index >= 15 is 0 Å². The lowest BCUT2D eigenvalue weighted by Gasteiger charge is -2.30. The van der Waals surface area contributed by atoms with Gasteiger partial charge in [0, 0.05) is 13.7 Å². The summed E-state index contributed by atoms with van der Waals surface area (Å²) in [5.74, 6) is 0.717. The molecule has 1 fully saturated rings. The third kappa shape index (κ3) is 4.93. The molecule has 1 rings (SSSR count). The molecule has 1 heterocycles. The highest BCUT2D eigenvalue weighted by Crippen LogP contribution is 2.13. The number of piperidine rings is 1. The maximum Gasteiger partial charge on any atom is 0.0638 e. The molecule has 2 N–H and O–H groups in total. The van der Waals surface area contributed by atoms with E-state index in [1.54, 1.807) is 7.11 Å². The third-order valence-corrected chi connectivity index (χ3v) is 3.01. The Balaban J connectivity index is 2.16. The smallest absolute Gasteiger partial charge is 0.0638 e. The van der Waals surface area contributed by atoms with Crippen LogP contribution >= 0.6 is 0 Å². The maximum absolute atomic E-state index is 9.09. The molecule has 0 bridgehead atoms. The van der Waals surface area contributed by atoms with E-state index in [1.807, 2.05) is 0 Å². The molecule has 4 nitrogen and oxygen atoms in total. The summed E-state index contributed by atoms with van der Waals surface area (Å²) in [5.41, 5.74) is 0. The van der Waals surface area contributed by atoms with Crippen molar-refractivity contribution in [1.82, 2.24) is 10.2 Å². The van der Waals surface area contributed by atoms with Crippen LogP contribution in [0.4, 0.5) is 0 Å². The minimum absolute atomic E-state index is 0.0854. The van der Waals surface area contributed by atoms with Crippen LogP contribution in [0.15, 0.2) is 0 Å². The van der Waals surface area contributed by atoms with E-state index in [-0.39, 0.29) is 12.6 Å². The zero-order chi connectivity index (χ0) is 11.1. The lowest BCUT2D eigenvalue weighted by atomic mass is 9.98. The van der Waals surface area contributed by atoms with Crippen LogP contribution in [0.3, 0.4) is 0 Å². The Morgan fingerprint density at radius 3 is 3.00 bits per heavy atom.